The van der Waals surface area contributed by atoms with Gasteiger partial charge in [-0.15, -0.1) is 0 Å². The number of carbonyl (C=O) groups is 2. The molecule has 0 saturated heterocycles. The van der Waals surface area contributed by atoms with Crippen LogP contribution in [0.5, 0.6) is 5.75 Å². The van der Waals surface area contributed by atoms with Gasteiger partial charge in [0, 0.05) is 12.4 Å². The highest BCUT2D eigenvalue weighted by atomic mass is 16.5. The molecule has 0 spiro atoms. The SMILES string of the molecule is COc1ccc(Cn2c(=O)n(C)c3c4cc(C(=O)O)c(C(=O)O)cc4ncc32)cc1. The van der Waals surface area contributed by atoms with Crippen LogP contribution in [-0.4, -0.2) is 43.4 Å². The normalized spacial score (nSPS) is 11.1. The van der Waals surface area contributed by atoms with Gasteiger partial charge >= 0.3 is 17.6 Å². The fourth-order valence-electron chi connectivity index (χ4n) is 3.56. The van der Waals surface area contributed by atoms with Crippen LogP contribution in [-0.2, 0) is 13.6 Å². The van der Waals surface area contributed by atoms with E-state index in [0.29, 0.717) is 27.7 Å². The van der Waals surface area contributed by atoms with Crippen molar-refractivity contribution in [3.8, 4) is 5.75 Å². The molecule has 0 saturated carbocycles. The van der Waals surface area contributed by atoms with Crippen LogP contribution in [0.3, 0.4) is 0 Å². The Morgan fingerprint density at radius 2 is 1.70 bits per heavy atom. The molecule has 152 valence electrons. The van der Waals surface area contributed by atoms with Crippen molar-refractivity contribution in [2.75, 3.05) is 7.11 Å². The second kappa shape index (κ2) is 7.03. The molecule has 9 heteroatoms. The largest absolute Gasteiger partial charge is 0.497 e. The molecule has 2 N–H and O–H groups in total. The van der Waals surface area contributed by atoms with Gasteiger partial charge in [-0.3, -0.25) is 14.1 Å². The van der Waals surface area contributed by atoms with E-state index >= 15 is 0 Å². The average Bonchev–Trinajstić information content (AvgIpc) is 2.98. The lowest BCUT2D eigenvalue weighted by Crippen LogP contribution is -2.22. The molecule has 2 heterocycles. The topological polar surface area (TPSA) is 124 Å². The number of nitrogens with zero attached hydrogens (tertiary/aromatic N) is 3. The Labute approximate surface area is 169 Å². The van der Waals surface area contributed by atoms with Crippen molar-refractivity contribution in [1.82, 2.24) is 14.1 Å². The third kappa shape index (κ3) is 2.96. The lowest BCUT2D eigenvalue weighted by molar-refractivity contribution is 0.0652. The van der Waals surface area contributed by atoms with E-state index in [4.69, 9.17) is 4.74 Å². The van der Waals surface area contributed by atoms with Gasteiger partial charge in [0.05, 0.1) is 47.5 Å². The van der Waals surface area contributed by atoms with E-state index in [1.54, 1.807) is 26.3 Å². The van der Waals surface area contributed by atoms with Crippen molar-refractivity contribution in [2.45, 2.75) is 6.54 Å². The Morgan fingerprint density at radius 1 is 1.07 bits per heavy atom. The molecule has 0 aliphatic heterocycles. The molecule has 4 aromatic rings. The predicted octanol–water partition coefficient (Wildman–Crippen LogP) is 2.34. The number of aryl methyl sites for hydroxylation is 1. The number of carboxylic acids is 2. The molecule has 0 radical (unpaired) electrons. The molecule has 4 rings (SSSR count). The lowest BCUT2D eigenvalue weighted by Gasteiger charge is -2.08. The first-order chi connectivity index (χ1) is 14.3. The summed E-state index contributed by atoms with van der Waals surface area (Å²) in [5.74, 6) is -2.02. The second-order valence-electron chi connectivity index (χ2n) is 6.79. The summed E-state index contributed by atoms with van der Waals surface area (Å²) in [6.45, 7) is 0.284. The molecule has 30 heavy (non-hydrogen) atoms. The maximum absolute atomic E-state index is 12.9. The summed E-state index contributed by atoms with van der Waals surface area (Å²) in [5, 5.41) is 19.2. The van der Waals surface area contributed by atoms with Crippen LogP contribution in [0, 0.1) is 0 Å². The summed E-state index contributed by atoms with van der Waals surface area (Å²) in [6, 6.07) is 9.76. The van der Waals surface area contributed by atoms with Gasteiger partial charge in [-0.1, -0.05) is 12.1 Å². The van der Waals surface area contributed by atoms with Crippen molar-refractivity contribution in [2.24, 2.45) is 7.05 Å². The van der Waals surface area contributed by atoms with E-state index in [2.05, 4.69) is 4.98 Å². The van der Waals surface area contributed by atoms with E-state index in [9.17, 15) is 24.6 Å². The Morgan fingerprint density at radius 3 is 2.30 bits per heavy atom. The van der Waals surface area contributed by atoms with Crippen LogP contribution >= 0.6 is 0 Å². The predicted molar refractivity (Wildman–Crippen MR) is 108 cm³/mol. The molecule has 0 bridgehead atoms. The molecule has 0 aliphatic carbocycles. The first kappa shape index (κ1) is 19.2. The molecule has 0 atom stereocenters. The zero-order chi connectivity index (χ0) is 21.6. The number of rotatable bonds is 5. The highest BCUT2D eigenvalue weighted by Gasteiger charge is 2.21. The fourth-order valence-corrected chi connectivity index (χ4v) is 3.56. The molecule has 0 amide bonds. The molecule has 2 aromatic carbocycles. The van der Waals surface area contributed by atoms with Gasteiger partial charge in [0.2, 0.25) is 0 Å². The van der Waals surface area contributed by atoms with Gasteiger partial charge in [0.25, 0.3) is 0 Å². The maximum atomic E-state index is 12.9. The van der Waals surface area contributed by atoms with Crippen molar-refractivity contribution < 1.29 is 24.5 Å². The Bertz CT molecular complexity index is 1380. The van der Waals surface area contributed by atoms with Crippen molar-refractivity contribution in [1.29, 1.82) is 0 Å². The molecule has 2 aromatic heterocycles. The van der Waals surface area contributed by atoms with Crippen LogP contribution in [0.25, 0.3) is 21.9 Å². The van der Waals surface area contributed by atoms with Crippen LogP contribution < -0.4 is 10.4 Å². The zero-order valence-electron chi connectivity index (χ0n) is 16.1. The number of benzene rings is 2. The third-order valence-corrected chi connectivity index (χ3v) is 5.06. The minimum absolute atomic E-state index is 0.284. The molecule has 0 fully saturated rings. The summed E-state index contributed by atoms with van der Waals surface area (Å²) in [7, 11) is 3.16. The van der Waals surface area contributed by atoms with E-state index < -0.39 is 11.9 Å². The first-order valence-corrected chi connectivity index (χ1v) is 8.93. The van der Waals surface area contributed by atoms with Crippen LogP contribution in [0.4, 0.5) is 0 Å². The fraction of sp³-hybridized carbons (Fsp3) is 0.143. The lowest BCUT2D eigenvalue weighted by atomic mass is 10.0. The monoisotopic (exact) mass is 407 g/mol. The smallest absolute Gasteiger partial charge is 0.336 e. The number of fused-ring (bicyclic) bond motifs is 3. The number of aromatic carboxylic acids is 2. The standard InChI is InChI=1S/C21H17N3O6/c1-23-18-15-7-13(19(25)26)14(20(27)28)8-16(15)22-9-17(18)24(21(23)29)10-11-3-5-12(30-2)6-4-11/h3-9H,10H2,1-2H3,(H,25,26)(H,27,28). The Hall–Kier alpha value is -4.14. The van der Waals surface area contributed by atoms with Crippen molar-refractivity contribution in [3.63, 3.8) is 0 Å². The Balaban J connectivity index is 1.96. The van der Waals surface area contributed by atoms with Gasteiger partial charge in [0.15, 0.2) is 0 Å². The molecule has 9 nitrogen and oxygen atoms in total. The average molecular weight is 407 g/mol. The van der Waals surface area contributed by atoms with Crippen LogP contribution in [0.1, 0.15) is 26.3 Å². The summed E-state index contributed by atoms with van der Waals surface area (Å²) >= 11 is 0. The van der Waals surface area contributed by atoms with Gasteiger partial charge in [-0.25, -0.2) is 14.4 Å². The summed E-state index contributed by atoms with van der Waals surface area (Å²) in [4.78, 5) is 40.2. The van der Waals surface area contributed by atoms with Crippen LogP contribution in [0.2, 0.25) is 0 Å². The third-order valence-electron chi connectivity index (χ3n) is 5.06. The zero-order valence-corrected chi connectivity index (χ0v) is 16.1. The summed E-state index contributed by atoms with van der Waals surface area (Å²) < 4.78 is 8.10. The van der Waals surface area contributed by atoms with E-state index in [1.807, 2.05) is 12.1 Å². The minimum Gasteiger partial charge on any atom is -0.497 e. The number of aromatic nitrogens is 3. The Kier molecular flexibility index (Phi) is 4.50. The van der Waals surface area contributed by atoms with Crippen LogP contribution in [0.15, 0.2) is 47.4 Å². The number of pyridine rings is 1. The van der Waals surface area contributed by atoms with E-state index in [1.165, 1.54) is 27.5 Å². The quantitative estimate of drug-likeness (QED) is 0.520. The number of ether oxygens (including phenoxy) is 1. The number of carboxylic acid groups (broad SMARTS) is 2. The number of methoxy groups -OCH3 is 1. The highest BCUT2D eigenvalue weighted by molar-refractivity contribution is 6.10. The van der Waals surface area contributed by atoms with Crippen molar-refractivity contribution in [3.05, 3.63) is 69.8 Å². The highest BCUT2D eigenvalue weighted by Crippen LogP contribution is 2.27. The van der Waals surface area contributed by atoms with E-state index in [0.717, 1.165) is 5.56 Å². The number of imidazole rings is 1. The van der Waals surface area contributed by atoms with E-state index in [-0.39, 0.29) is 23.4 Å². The molecular weight excluding hydrogens is 390 g/mol. The first-order valence-electron chi connectivity index (χ1n) is 8.93. The number of hydrogen-bond donors (Lipinski definition) is 2. The van der Waals surface area contributed by atoms with Gasteiger partial charge < -0.3 is 14.9 Å². The summed E-state index contributed by atoms with van der Waals surface area (Å²) in [6.07, 6.45) is 1.49. The molecule has 0 aliphatic rings. The van der Waals surface area contributed by atoms with Crippen molar-refractivity contribution >= 4 is 33.9 Å². The number of hydrogen-bond acceptors (Lipinski definition) is 5. The summed E-state index contributed by atoms with van der Waals surface area (Å²) in [5.41, 5.74) is 1.15. The second-order valence-corrected chi connectivity index (χ2v) is 6.79. The molecular formula is C21H17N3O6. The van der Waals surface area contributed by atoms with Gasteiger partial charge in [0.1, 0.15) is 5.75 Å². The van der Waals surface area contributed by atoms with Gasteiger partial charge in [-0.2, -0.15) is 0 Å². The maximum Gasteiger partial charge on any atom is 0.336 e. The molecule has 0 unspecified atom stereocenters. The minimum atomic E-state index is -1.37. The van der Waals surface area contributed by atoms with Gasteiger partial charge in [-0.05, 0) is 29.8 Å².